The molecule has 0 N–H and O–H groups in total. The van der Waals surface area contributed by atoms with Gasteiger partial charge in [0.2, 0.25) is 5.91 Å². The summed E-state index contributed by atoms with van der Waals surface area (Å²) < 4.78 is 5.78. The van der Waals surface area contributed by atoms with Gasteiger partial charge in [0.15, 0.2) is 0 Å². The maximum Gasteiger partial charge on any atom is 0.246 e. The molecule has 0 bridgehead atoms. The number of rotatable bonds is 9. The summed E-state index contributed by atoms with van der Waals surface area (Å²) in [6.45, 7) is 6.35. The third kappa shape index (κ3) is 6.46. The number of carbonyl (C=O) groups excluding carboxylic acids is 1. The van der Waals surface area contributed by atoms with Gasteiger partial charge in [-0.3, -0.25) is 4.79 Å². The predicted molar refractivity (Wildman–Crippen MR) is 103 cm³/mol. The second-order valence-corrected chi connectivity index (χ2v) is 6.00. The van der Waals surface area contributed by atoms with Crippen molar-refractivity contribution in [1.29, 1.82) is 0 Å². The topological polar surface area (TPSA) is 29.5 Å². The van der Waals surface area contributed by atoms with Crippen LogP contribution in [0.5, 0.6) is 5.75 Å². The molecule has 0 atom stereocenters. The van der Waals surface area contributed by atoms with Crippen molar-refractivity contribution in [2.45, 2.75) is 33.3 Å². The lowest BCUT2D eigenvalue weighted by Gasteiger charge is -2.19. The Morgan fingerprint density at radius 1 is 0.960 bits per heavy atom. The van der Waals surface area contributed by atoms with Gasteiger partial charge in [-0.25, -0.2) is 0 Å². The third-order valence-electron chi connectivity index (χ3n) is 3.85. The molecule has 0 radical (unpaired) electrons. The van der Waals surface area contributed by atoms with Crippen molar-refractivity contribution < 1.29 is 9.53 Å². The molecule has 0 saturated heterocycles. The third-order valence-corrected chi connectivity index (χ3v) is 3.85. The van der Waals surface area contributed by atoms with Crippen LogP contribution >= 0.6 is 0 Å². The van der Waals surface area contributed by atoms with Gasteiger partial charge < -0.3 is 9.64 Å². The lowest BCUT2D eigenvalue weighted by molar-refractivity contribution is -0.126. The normalized spacial score (nSPS) is 10.8. The molecule has 0 aromatic heterocycles. The zero-order valence-corrected chi connectivity index (χ0v) is 15.2. The van der Waals surface area contributed by atoms with Crippen LogP contribution in [0.1, 0.15) is 37.8 Å². The standard InChI is InChI=1S/C22H27NO2/c1-3-16-23(17-4-2)22(24)15-12-19-10-13-21(14-11-19)25-18-20-8-6-5-7-9-20/h5-15H,3-4,16-18H2,1-2H3/b15-12+. The average Bonchev–Trinajstić information content (AvgIpc) is 2.66. The van der Waals surface area contributed by atoms with E-state index in [1.807, 2.05) is 65.6 Å². The first-order valence-electron chi connectivity index (χ1n) is 8.96. The largest absolute Gasteiger partial charge is 0.489 e. The highest BCUT2D eigenvalue weighted by atomic mass is 16.5. The zero-order valence-electron chi connectivity index (χ0n) is 15.2. The Labute approximate surface area is 150 Å². The van der Waals surface area contributed by atoms with Crippen molar-refractivity contribution in [2.75, 3.05) is 13.1 Å². The lowest BCUT2D eigenvalue weighted by Crippen LogP contribution is -2.30. The molecule has 132 valence electrons. The first-order valence-corrected chi connectivity index (χ1v) is 8.96. The quantitative estimate of drug-likeness (QED) is 0.607. The Hall–Kier alpha value is -2.55. The molecule has 2 aromatic carbocycles. The van der Waals surface area contributed by atoms with Gasteiger partial charge in [-0.1, -0.05) is 56.3 Å². The number of hydrogen-bond acceptors (Lipinski definition) is 2. The van der Waals surface area contributed by atoms with Crippen molar-refractivity contribution in [2.24, 2.45) is 0 Å². The van der Waals surface area contributed by atoms with Crippen molar-refractivity contribution in [1.82, 2.24) is 4.90 Å². The van der Waals surface area contributed by atoms with E-state index in [1.165, 1.54) is 0 Å². The van der Waals surface area contributed by atoms with Gasteiger partial charge in [-0.05, 0) is 42.2 Å². The van der Waals surface area contributed by atoms with Gasteiger partial charge in [0.25, 0.3) is 0 Å². The Bertz CT molecular complexity index is 656. The van der Waals surface area contributed by atoms with E-state index < -0.39 is 0 Å². The van der Waals surface area contributed by atoms with E-state index >= 15 is 0 Å². The number of ether oxygens (including phenoxy) is 1. The zero-order chi connectivity index (χ0) is 17.9. The van der Waals surface area contributed by atoms with Crippen molar-refractivity contribution in [3.8, 4) is 5.75 Å². The minimum atomic E-state index is 0.0769. The summed E-state index contributed by atoms with van der Waals surface area (Å²) in [5.41, 5.74) is 2.14. The lowest BCUT2D eigenvalue weighted by atomic mass is 10.2. The van der Waals surface area contributed by atoms with Crippen LogP contribution in [0, 0.1) is 0 Å². The Balaban J connectivity index is 1.89. The van der Waals surface area contributed by atoms with E-state index in [-0.39, 0.29) is 5.91 Å². The van der Waals surface area contributed by atoms with Gasteiger partial charge in [0.05, 0.1) is 0 Å². The molecular weight excluding hydrogens is 310 g/mol. The minimum Gasteiger partial charge on any atom is -0.489 e. The summed E-state index contributed by atoms with van der Waals surface area (Å²) in [6, 6.07) is 17.9. The molecule has 2 rings (SSSR count). The molecule has 0 spiro atoms. The van der Waals surface area contributed by atoms with Crippen LogP contribution < -0.4 is 4.74 Å². The smallest absolute Gasteiger partial charge is 0.246 e. The SMILES string of the molecule is CCCN(CCC)C(=O)/C=C/c1ccc(OCc2ccccc2)cc1. The maximum atomic E-state index is 12.2. The van der Waals surface area contributed by atoms with Gasteiger partial charge in [0, 0.05) is 19.2 Å². The van der Waals surface area contributed by atoms with Gasteiger partial charge in [-0.2, -0.15) is 0 Å². The Morgan fingerprint density at radius 3 is 2.20 bits per heavy atom. The maximum absolute atomic E-state index is 12.2. The molecular formula is C22H27NO2. The van der Waals surface area contributed by atoms with Crippen LogP contribution in [0.15, 0.2) is 60.7 Å². The van der Waals surface area contributed by atoms with E-state index in [2.05, 4.69) is 13.8 Å². The molecule has 0 aliphatic rings. The molecule has 0 aliphatic heterocycles. The molecule has 25 heavy (non-hydrogen) atoms. The fourth-order valence-corrected chi connectivity index (χ4v) is 2.56. The molecule has 0 aliphatic carbocycles. The summed E-state index contributed by atoms with van der Waals surface area (Å²) >= 11 is 0. The van der Waals surface area contributed by atoms with Crippen molar-refractivity contribution in [3.63, 3.8) is 0 Å². The number of nitrogens with zero attached hydrogens (tertiary/aromatic N) is 1. The Kier molecular flexibility index (Phi) is 7.77. The van der Waals surface area contributed by atoms with E-state index in [9.17, 15) is 4.79 Å². The Morgan fingerprint density at radius 2 is 1.60 bits per heavy atom. The molecule has 0 unspecified atom stereocenters. The van der Waals surface area contributed by atoms with Crippen LogP contribution in [0.4, 0.5) is 0 Å². The molecule has 2 aromatic rings. The highest BCUT2D eigenvalue weighted by molar-refractivity contribution is 5.91. The second-order valence-electron chi connectivity index (χ2n) is 6.00. The van der Waals surface area contributed by atoms with Crippen molar-refractivity contribution in [3.05, 3.63) is 71.8 Å². The fraction of sp³-hybridized carbons (Fsp3) is 0.318. The molecule has 3 nitrogen and oxygen atoms in total. The highest BCUT2D eigenvalue weighted by Crippen LogP contribution is 2.15. The minimum absolute atomic E-state index is 0.0769. The van der Waals surface area contributed by atoms with E-state index in [4.69, 9.17) is 4.74 Å². The van der Waals surface area contributed by atoms with Crippen molar-refractivity contribution >= 4 is 12.0 Å². The van der Waals surface area contributed by atoms with Crippen LogP contribution in [0.3, 0.4) is 0 Å². The summed E-state index contributed by atoms with van der Waals surface area (Å²) in [5, 5.41) is 0. The van der Waals surface area contributed by atoms with E-state index in [1.54, 1.807) is 6.08 Å². The number of amides is 1. The van der Waals surface area contributed by atoms with Gasteiger partial charge in [0.1, 0.15) is 12.4 Å². The second kappa shape index (κ2) is 10.3. The predicted octanol–water partition coefficient (Wildman–Crippen LogP) is 4.93. The average molecular weight is 337 g/mol. The van der Waals surface area contributed by atoms with Crippen LogP contribution in [-0.4, -0.2) is 23.9 Å². The molecule has 3 heteroatoms. The van der Waals surface area contributed by atoms with E-state index in [0.717, 1.165) is 42.8 Å². The van der Waals surface area contributed by atoms with Gasteiger partial charge in [-0.15, -0.1) is 0 Å². The molecule has 1 amide bonds. The van der Waals surface area contributed by atoms with Gasteiger partial charge >= 0.3 is 0 Å². The van der Waals surface area contributed by atoms with E-state index in [0.29, 0.717) is 6.61 Å². The number of carbonyl (C=O) groups is 1. The molecule has 0 fully saturated rings. The summed E-state index contributed by atoms with van der Waals surface area (Å²) in [5.74, 6) is 0.902. The van der Waals surface area contributed by atoms with Crippen LogP contribution in [0.25, 0.3) is 6.08 Å². The first-order chi connectivity index (χ1) is 12.2. The molecule has 0 heterocycles. The summed E-state index contributed by atoms with van der Waals surface area (Å²) in [7, 11) is 0. The first kappa shape index (κ1) is 18.8. The monoisotopic (exact) mass is 337 g/mol. The summed E-state index contributed by atoms with van der Waals surface area (Å²) in [4.78, 5) is 14.1. The number of benzene rings is 2. The highest BCUT2D eigenvalue weighted by Gasteiger charge is 2.07. The molecule has 0 saturated carbocycles. The fourth-order valence-electron chi connectivity index (χ4n) is 2.56. The number of hydrogen-bond donors (Lipinski definition) is 0. The summed E-state index contributed by atoms with van der Waals surface area (Å²) in [6.07, 6.45) is 5.48. The van der Waals surface area contributed by atoms with Crippen LogP contribution in [-0.2, 0) is 11.4 Å². The van der Waals surface area contributed by atoms with Crippen LogP contribution in [0.2, 0.25) is 0 Å².